The van der Waals surface area contributed by atoms with Gasteiger partial charge in [0.2, 0.25) is 17.7 Å². The zero-order valence-corrected chi connectivity index (χ0v) is 49.8. The molecule has 0 radical (unpaired) electrons. The number of thiazole rings is 1. The van der Waals surface area contributed by atoms with Crippen molar-refractivity contribution in [1.29, 1.82) is 5.26 Å². The molecular formula is C63H79N11O10S. The van der Waals surface area contributed by atoms with Crippen LogP contribution in [-0.2, 0) is 57.7 Å². The third-order valence-electron chi connectivity index (χ3n) is 14.8. The van der Waals surface area contributed by atoms with Gasteiger partial charge in [0.25, 0.3) is 0 Å². The topological polar surface area (TPSA) is 257 Å². The summed E-state index contributed by atoms with van der Waals surface area (Å²) < 4.78 is 30.1. The minimum Gasteiger partial charge on any atom is -0.391 e. The second-order valence-corrected chi connectivity index (χ2v) is 23.0. The molecule has 0 bridgehead atoms. The molecule has 452 valence electrons. The lowest BCUT2D eigenvalue weighted by molar-refractivity contribution is -0.144. The Morgan fingerprint density at radius 2 is 1.39 bits per heavy atom. The zero-order valence-electron chi connectivity index (χ0n) is 49.0. The maximum atomic E-state index is 14.0. The maximum Gasteiger partial charge on any atom is 0.322 e. The Morgan fingerprint density at radius 3 is 2.01 bits per heavy atom. The summed E-state index contributed by atoms with van der Waals surface area (Å²) in [4.78, 5) is 67.4. The van der Waals surface area contributed by atoms with Gasteiger partial charge >= 0.3 is 6.03 Å². The number of carbonyl (C=O) groups is 4. The predicted molar refractivity (Wildman–Crippen MR) is 323 cm³/mol. The van der Waals surface area contributed by atoms with Gasteiger partial charge in [0.05, 0.1) is 100.0 Å². The zero-order chi connectivity index (χ0) is 60.0. The summed E-state index contributed by atoms with van der Waals surface area (Å²) in [7, 11) is 0. The Hall–Kier alpha value is -7.62. The minimum atomic E-state index is -0.973. The smallest absolute Gasteiger partial charge is 0.322 e. The van der Waals surface area contributed by atoms with E-state index in [4.69, 9.17) is 28.9 Å². The van der Waals surface area contributed by atoms with Gasteiger partial charge in [-0.3, -0.25) is 24.0 Å². The molecule has 1 saturated heterocycles. The molecule has 3 aromatic carbocycles. The van der Waals surface area contributed by atoms with Crippen molar-refractivity contribution < 1.29 is 48.0 Å². The fourth-order valence-corrected chi connectivity index (χ4v) is 11.0. The van der Waals surface area contributed by atoms with Gasteiger partial charge in [0.15, 0.2) is 0 Å². The first-order valence-electron chi connectivity index (χ1n) is 29.0. The van der Waals surface area contributed by atoms with Crippen molar-refractivity contribution in [3.63, 3.8) is 0 Å². The number of hydrogen-bond donors (Lipinski definition) is 5. The summed E-state index contributed by atoms with van der Waals surface area (Å²) in [6.45, 7) is 11.5. The van der Waals surface area contributed by atoms with Gasteiger partial charge in [-0.25, -0.2) is 14.8 Å². The first-order valence-corrected chi connectivity index (χ1v) is 29.9. The van der Waals surface area contributed by atoms with E-state index in [-0.39, 0.29) is 63.4 Å². The number of hydrogen-bond acceptors (Lipinski definition) is 16. The van der Waals surface area contributed by atoms with Crippen LogP contribution in [0.4, 0.5) is 16.3 Å². The number of rotatable bonds is 30. The molecule has 8 rings (SSSR count). The Balaban J connectivity index is 0.657. The number of nitriles is 1. The fraction of sp³-hybridized carbons (Fsp3) is 0.460. The summed E-state index contributed by atoms with van der Waals surface area (Å²) in [5.41, 5.74) is 8.31. The third kappa shape index (κ3) is 19.2. The van der Waals surface area contributed by atoms with Crippen LogP contribution in [0.1, 0.15) is 75.3 Å². The average molecular weight is 1180 g/mol. The first kappa shape index (κ1) is 63.4. The molecule has 2 fully saturated rings. The molecule has 5 amide bonds. The lowest BCUT2D eigenvalue weighted by Crippen LogP contribution is -2.58. The second kappa shape index (κ2) is 32.0. The number of β-amino-alcohol motifs (C(OH)–C–C–N with tert-alkyl or cyclic N) is 1. The van der Waals surface area contributed by atoms with Crippen LogP contribution in [0.5, 0.6) is 0 Å². The van der Waals surface area contributed by atoms with E-state index in [9.17, 15) is 24.3 Å². The number of amides is 5. The average Bonchev–Trinajstić information content (AvgIpc) is 3.99. The number of pyridine rings is 1. The highest BCUT2D eigenvalue weighted by Gasteiger charge is 2.44. The number of nitrogens with one attached hydrogen (secondary N) is 4. The van der Waals surface area contributed by atoms with E-state index < -0.39 is 35.4 Å². The van der Waals surface area contributed by atoms with E-state index >= 15 is 0 Å². The third-order valence-corrected chi connectivity index (χ3v) is 15.8. The molecule has 5 N–H and O–H groups in total. The summed E-state index contributed by atoms with van der Waals surface area (Å²) >= 11 is 1.57. The highest BCUT2D eigenvalue weighted by atomic mass is 32.1. The summed E-state index contributed by atoms with van der Waals surface area (Å²) in [5.74, 6) is -0.571. The van der Waals surface area contributed by atoms with Gasteiger partial charge in [-0.15, -0.1) is 11.3 Å². The number of carbonyl (C=O) groups excluding carboxylic acids is 4. The predicted octanol–water partition coefficient (Wildman–Crippen LogP) is 7.28. The van der Waals surface area contributed by atoms with Crippen molar-refractivity contribution in [2.24, 2.45) is 5.41 Å². The molecule has 85 heavy (non-hydrogen) atoms. The molecule has 0 unspecified atom stereocenters. The standard InChI is InChI=1S/C63H79N11O10S/c1-44-58(85-43-68-44)49-13-10-46(11-14-49)36-66-60(77)55-34-54(75)41-73(55)61(78)59(63(2,3)4)71-57(76)42-84-33-32-83-31-30-82-29-28-81-27-26-80-25-24-72-40-50(39-69-72)48-15-19-52(20-16-48)74(62(79)67-37-45-8-6-5-7-9-45)53-21-17-51(18-22-53)70-56-23-12-47(35-64)38-65-56/h5-16,19-20,23,38-40,43,51,53-55,59,75H,17-18,21-22,24-34,36-37,41-42H2,1-4H3,(H,65,70)(H,66,77)(H,67,79)(H,71,76)/t51?,53?,54-,55+,59-/m1/s1. The molecule has 6 aromatic rings. The van der Waals surface area contributed by atoms with Crippen LogP contribution in [-0.4, -0.2) is 156 Å². The number of benzene rings is 3. The number of aliphatic hydroxyl groups is 1. The molecule has 1 aliphatic carbocycles. The van der Waals surface area contributed by atoms with Gasteiger partial charge in [-0.1, -0.05) is 87.5 Å². The Kier molecular flexibility index (Phi) is 23.9. The molecule has 22 heteroatoms. The van der Waals surface area contributed by atoms with E-state index in [1.54, 1.807) is 23.6 Å². The Bertz CT molecular complexity index is 3090. The van der Waals surface area contributed by atoms with Crippen molar-refractivity contribution in [2.45, 2.75) is 110 Å². The molecule has 4 heterocycles. The van der Waals surface area contributed by atoms with Gasteiger partial charge < -0.3 is 55.0 Å². The van der Waals surface area contributed by atoms with Crippen LogP contribution >= 0.6 is 11.3 Å². The van der Waals surface area contributed by atoms with Crippen LogP contribution in [0.3, 0.4) is 0 Å². The van der Waals surface area contributed by atoms with Crippen molar-refractivity contribution in [1.82, 2.24) is 40.6 Å². The van der Waals surface area contributed by atoms with Crippen LogP contribution in [0.25, 0.3) is 21.6 Å². The highest BCUT2D eigenvalue weighted by molar-refractivity contribution is 7.13. The maximum absolute atomic E-state index is 14.0. The van der Waals surface area contributed by atoms with E-state index in [0.29, 0.717) is 64.9 Å². The van der Waals surface area contributed by atoms with Gasteiger partial charge in [0.1, 0.15) is 30.6 Å². The largest absolute Gasteiger partial charge is 0.391 e. The summed E-state index contributed by atoms with van der Waals surface area (Å²) in [6, 6.07) is 29.7. The van der Waals surface area contributed by atoms with Crippen LogP contribution in [0.2, 0.25) is 0 Å². The molecule has 21 nitrogen and oxygen atoms in total. The van der Waals surface area contributed by atoms with Crippen molar-refractivity contribution in [2.75, 3.05) is 82.8 Å². The number of nitrogens with zero attached hydrogens (tertiary/aromatic N) is 7. The normalized spacial score (nSPS) is 17.2. The summed E-state index contributed by atoms with van der Waals surface area (Å²) in [5, 5.41) is 36.6. The number of aliphatic hydroxyl groups excluding tert-OH is 1. The van der Waals surface area contributed by atoms with E-state index in [1.807, 2.05) is 140 Å². The quantitative estimate of drug-likeness (QED) is 0.0278. The number of aromatic nitrogens is 4. The van der Waals surface area contributed by atoms with E-state index in [0.717, 1.165) is 75.6 Å². The molecule has 3 aromatic heterocycles. The highest BCUT2D eigenvalue weighted by Crippen LogP contribution is 2.32. The van der Waals surface area contributed by atoms with Gasteiger partial charge in [0, 0.05) is 61.8 Å². The molecule has 1 aliphatic heterocycles. The summed E-state index contributed by atoms with van der Waals surface area (Å²) in [6.07, 6.45) is 7.96. The second-order valence-electron chi connectivity index (χ2n) is 22.2. The molecule has 3 atom stereocenters. The first-order chi connectivity index (χ1) is 41.2. The van der Waals surface area contributed by atoms with Crippen LogP contribution in [0.15, 0.2) is 115 Å². The molecule has 0 spiro atoms. The van der Waals surface area contributed by atoms with Gasteiger partial charge in [-0.05, 0) is 84.5 Å². The van der Waals surface area contributed by atoms with Crippen LogP contribution < -0.4 is 26.2 Å². The van der Waals surface area contributed by atoms with Crippen molar-refractivity contribution >= 4 is 46.6 Å². The number of urea groups is 1. The number of likely N-dealkylation sites (tertiary alicyclic amines) is 1. The molecular weight excluding hydrogens is 1100 g/mol. The lowest BCUT2D eigenvalue weighted by Gasteiger charge is -2.37. The van der Waals surface area contributed by atoms with E-state index in [1.165, 1.54) is 4.90 Å². The van der Waals surface area contributed by atoms with E-state index in [2.05, 4.69) is 42.4 Å². The SMILES string of the molecule is Cc1ncsc1-c1ccc(CNC(=O)[C@@H]2C[C@@H](O)CN2C(=O)[C@@H](NC(=O)COCCOCCOCCOCCOCCn2cc(-c3ccc(N(C(=O)NCc4ccccc4)C4CCC(Nc5ccc(C#N)cn5)CC4)cc3)cn2)C(C)(C)C)cc1. The Labute approximate surface area is 501 Å². The molecule has 1 saturated carbocycles. The van der Waals surface area contributed by atoms with Crippen molar-refractivity contribution in [3.8, 4) is 27.6 Å². The number of anilines is 2. The fourth-order valence-electron chi connectivity index (χ4n) is 10.2. The van der Waals surface area contributed by atoms with Gasteiger partial charge in [-0.2, -0.15) is 10.4 Å². The van der Waals surface area contributed by atoms with Crippen LogP contribution in [0, 0.1) is 23.7 Å². The Morgan fingerprint density at radius 1 is 0.753 bits per heavy atom. The van der Waals surface area contributed by atoms with Crippen molar-refractivity contribution in [3.05, 3.63) is 137 Å². The monoisotopic (exact) mass is 1180 g/mol. The molecule has 2 aliphatic rings. The number of ether oxygens (including phenoxy) is 5. The minimum absolute atomic E-state index is 0.00807. The number of aryl methyl sites for hydroxylation is 1. The lowest BCUT2D eigenvalue weighted by atomic mass is 9.85.